The van der Waals surface area contributed by atoms with E-state index in [0.29, 0.717) is 23.9 Å². The van der Waals surface area contributed by atoms with Gasteiger partial charge in [-0.2, -0.15) is 4.98 Å². The molecule has 0 radical (unpaired) electrons. The monoisotopic (exact) mass is 398 g/mol. The van der Waals surface area contributed by atoms with E-state index in [2.05, 4.69) is 15.0 Å². The van der Waals surface area contributed by atoms with Crippen LogP contribution in [-0.2, 0) is 4.74 Å². The minimum absolute atomic E-state index is 0.223. The zero-order valence-electron chi connectivity index (χ0n) is 17.0. The lowest BCUT2D eigenvalue weighted by Gasteiger charge is -2.33. The Morgan fingerprint density at radius 1 is 0.966 bits per heavy atom. The molecule has 156 valence electrons. The molecule has 2 saturated heterocycles. The minimum atomic E-state index is 0.223. The van der Waals surface area contributed by atoms with Crippen molar-refractivity contribution >= 4 is 0 Å². The third-order valence-electron chi connectivity index (χ3n) is 6.51. The predicted molar refractivity (Wildman–Crippen MR) is 108 cm³/mol. The van der Waals surface area contributed by atoms with Gasteiger partial charge in [0.1, 0.15) is 6.10 Å². The molecule has 2 aromatic rings. The Balaban J connectivity index is 1.25. The number of pyridine rings is 1. The molecule has 1 atom stereocenters. The third-order valence-corrected chi connectivity index (χ3v) is 6.51. The van der Waals surface area contributed by atoms with Gasteiger partial charge in [-0.15, -0.1) is 0 Å². The van der Waals surface area contributed by atoms with E-state index in [1.807, 2.05) is 12.1 Å². The van der Waals surface area contributed by atoms with Crippen molar-refractivity contribution in [2.75, 3.05) is 19.8 Å². The van der Waals surface area contributed by atoms with Gasteiger partial charge in [-0.25, -0.2) is 4.98 Å². The number of rotatable bonds is 5. The second-order valence-electron chi connectivity index (χ2n) is 8.46. The van der Waals surface area contributed by atoms with Gasteiger partial charge in [0.2, 0.25) is 17.6 Å². The van der Waals surface area contributed by atoms with Crippen molar-refractivity contribution in [3.8, 4) is 17.3 Å². The summed E-state index contributed by atoms with van der Waals surface area (Å²) < 4.78 is 17.2. The van der Waals surface area contributed by atoms with Gasteiger partial charge in [-0.3, -0.25) is 4.90 Å². The zero-order chi connectivity index (χ0) is 19.5. The molecule has 0 amide bonds. The van der Waals surface area contributed by atoms with Crippen molar-refractivity contribution in [1.82, 2.24) is 20.0 Å². The molecule has 2 aliphatic heterocycles. The average Bonchev–Trinajstić information content (AvgIpc) is 3.45. The van der Waals surface area contributed by atoms with Crippen LogP contribution in [-0.4, -0.2) is 51.9 Å². The molecule has 2 aromatic heterocycles. The maximum Gasteiger partial charge on any atom is 0.244 e. The predicted octanol–water partition coefficient (Wildman–Crippen LogP) is 4.16. The molecule has 7 heteroatoms. The number of ether oxygens (including phenoxy) is 2. The van der Waals surface area contributed by atoms with Crippen LogP contribution in [0.5, 0.6) is 5.88 Å². The molecule has 4 heterocycles. The molecular formula is C22H30N4O3. The van der Waals surface area contributed by atoms with E-state index in [-0.39, 0.29) is 6.04 Å². The molecule has 29 heavy (non-hydrogen) atoms. The van der Waals surface area contributed by atoms with Crippen LogP contribution in [0.3, 0.4) is 0 Å². The second-order valence-corrected chi connectivity index (χ2v) is 8.46. The van der Waals surface area contributed by atoms with Crippen molar-refractivity contribution in [3.05, 3.63) is 24.2 Å². The Morgan fingerprint density at radius 3 is 2.62 bits per heavy atom. The van der Waals surface area contributed by atoms with Crippen LogP contribution in [0.2, 0.25) is 0 Å². The van der Waals surface area contributed by atoms with Gasteiger partial charge in [0.05, 0.1) is 6.04 Å². The van der Waals surface area contributed by atoms with Gasteiger partial charge in [-0.05, 0) is 64.0 Å². The summed E-state index contributed by atoms with van der Waals surface area (Å²) in [6.45, 7) is 2.80. The first-order chi connectivity index (χ1) is 14.4. The Morgan fingerprint density at radius 2 is 1.83 bits per heavy atom. The van der Waals surface area contributed by atoms with Crippen LogP contribution in [0.15, 0.2) is 22.9 Å². The highest BCUT2D eigenvalue weighted by atomic mass is 16.5. The van der Waals surface area contributed by atoms with Crippen LogP contribution in [0.1, 0.15) is 69.7 Å². The number of nitrogens with zero attached hydrogens (tertiary/aromatic N) is 4. The first-order valence-electron chi connectivity index (χ1n) is 11.2. The molecular weight excluding hydrogens is 368 g/mol. The fourth-order valence-electron chi connectivity index (χ4n) is 4.93. The topological polar surface area (TPSA) is 73.5 Å². The molecule has 0 bridgehead atoms. The summed E-state index contributed by atoms with van der Waals surface area (Å²) in [5, 5.41) is 4.24. The summed E-state index contributed by atoms with van der Waals surface area (Å²) >= 11 is 0. The summed E-state index contributed by atoms with van der Waals surface area (Å²) in [5.41, 5.74) is 0.867. The smallest absolute Gasteiger partial charge is 0.244 e. The summed E-state index contributed by atoms with van der Waals surface area (Å²) in [7, 11) is 0. The lowest BCUT2D eigenvalue weighted by atomic mass is 9.98. The molecule has 0 N–H and O–H groups in total. The van der Waals surface area contributed by atoms with Gasteiger partial charge >= 0.3 is 0 Å². The van der Waals surface area contributed by atoms with Gasteiger partial charge in [-0.1, -0.05) is 11.6 Å². The van der Waals surface area contributed by atoms with Gasteiger partial charge in [0, 0.05) is 37.1 Å². The maximum atomic E-state index is 6.02. The van der Waals surface area contributed by atoms with E-state index < -0.39 is 0 Å². The fraction of sp³-hybridized carbons (Fsp3) is 0.682. The Bertz CT molecular complexity index is 782. The summed E-state index contributed by atoms with van der Waals surface area (Å²) in [5.74, 6) is 2.02. The summed E-state index contributed by atoms with van der Waals surface area (Å²) in [6, 6.07) is 4.68. The van der Waals surface area contributed by atoms with E-state index >= 15 is 0 Å². The number of hydrogen-bond acceptors (Lipinski definition) is 7. The summed E-state index contributed by atoms with van der Waals surface area (Å²) in [6.07, 6.45) is 12.6. The van der Waals surface area contributed by atoms with E-state index in [4.69, 9.17) is 19.0 Å². The Kier molecular flexibility index (Phi) is 5.76. The number of likely N-dealkylation sites (tertiary alicyclic amines) is 1. The molecule has 1 aliphatic carbocycles. The SMILES string of the molecule is c1cc(OC2CCCCC2)ncc1-c1noc([C@H]2CCCN2C2CCOCC2)n1. The molecule has 0 spiro atoms. The molecule has 0 aromatic carbocycles. The van der Waals surface area contributed by atoms with Crippen LogP contribution in [0, 0.1) is 0 Å². The second kappa shape index (κ2) is 8.79. The molecule has 7 nitrogen and oxygen atoms in total. The maximum absolute atomic E-state index is 6.02. The molecule has 3 aliphatic rings. The highest BCUT2D eigenvalue weighted by Crippen LogP contribution is 2.36. The Labute approximate surface area is 171 Å². The Hall–Kier alpha value is -1.99. The van der Waals surface area contributed by atoms with Crippen LogP contribution in [0.25, 0.3) is 11.4 Å². The highest BCUT2D eigenvalue weighted by Gasteiger charge is 2.36. The van der Waals surface area contributed by atoms with Crippen molar-refractivity contribution in [2.24, 2.45) is 0 Å². The van der Waals surface area contributed by atoms with Crippen LogP contribution >= 0.6 is 0 Å². The quantitative estimate of drug-likeness (QED) is 0.749. The van der Waals surface area contributed by atoms with E-state index in [1.165, 1.54) is 25.7 Å². The van der Waals surface area contributed by atoms with E-state index in [1.54, 1.807) is 6.20 Å². The first kappa shape index (κ1) is 19.0. The number of hydrogen-bond donors (Lipinski definition) is 0. The van der Waals surface area contributed by atoms with E-state index in [0.717, 1.165) is 63.3 Å². The van der Waals surface area contributed by atoms with Crippen molar-refractivity contribution in [1.29, 1.82) is 0 Å². The minimum Gasteiger partial charge on any atom is -0.474 e. The van der Waals surface area contributed by atoms with Crippen molar-refractivity contribution in [3.63, 3.8) is 0 Å². The largest absolute Gasteiger partial charge is 0.474 e. The highest BCUT2D eigenvalue weighted by molar-refractivity contribution is 5.53. The van der Waals surface area contributed by atoms with Crippen molar-refractivity contribution in [2.45, 2.75) is 76.0 Å². The van der Waals surface area contributed by atoms with E-state index in [9.17, 15) is 0 Å². The van der Waals surface area contributed by atoms with Crippen molar-refractivity contribution < 1.29 is 14.0 Å². The van der Waals surface area contributed by atoms with Gasteiger partial charge in [0.25, 0.3) is 0 Å². The van der Waals surface area contributed by atoms with Crippen LogP contribution in [0.4, 0.5) is 0 Å². The van der Waals surface area contributed by atoms with Gasteiger partial charge in [0.15, 0.2) is 0 Å². The number of aromatic nitrogens is 3. The van der Waals surface area contributed by atoms with Gasteiger partial charge < -0.3 is 14.0 Å². The molecule has 1 saturated carbocycles. The van der Waals surface area contributed by atoms with Crippen LogP contribution < -0.4 is 4.74 Å². The molecule has 5 rings (SSSR count). The molecule has 3 fully saturated rings. The standard InChI is InChI=1S/C22H30N4O3/c1-2-5-18(6-3-1)28-20-9-8-16(15-23-20)21-24-22(29-25-21)19-7-4-12-26(19)17-10-13-27-14-11-17/h8-9,15,17-19H,1-7,10-14H2/t19-/m1/s1. The third kappa shape index (κ3) is 4.31. The average molecular weight is 399 g/mol. The normalized spacial score (nSPS) is 24.8. The lowest BCUT2D eigenvalue weighted by Crippen LogP contribution is -2.39. The fourth-order valence-corrected chi connectivity index (χ4v) is 4.93. The molecule has 0 unspecified atom stereocenters. The zero-order valence-corrected chi connectivity index (χ0v) is 17.0. The first-order valence-corrected chi connectivity index (χ1v) is 11.2. The lowest BCUT2D eigenvalue weighted by molar-refractivity contribution is 0.0243. The summed E-state index contributed by atoms with van der Waals surface area (Å²) in [4.78, 5) is 11.7.